The van der Waals surface area contributed by atoms with Gasteiger partial charge in [-0.3, -0.25) is 9.36 Å². The first kappa shape index (κ1) is 17.9. The number of likely N-dealkylation sites (tertiary alicyclic amines) is 1. The van der Waals surface area contributed by atoms with Gasteiger partial charge in [0.1, 0.15) is 11.9 Å². The van der Waals surface area contributed by atoms with Crippen LogP contribution in [0.4, 0.5) is 8.78 Å². The minimum absolute atomic E-state index is 0.252. The van der Waals surface area contributed by atoms with Crippen LogP contribution in [0.25, 0.3) is 0 Å². The molecule has 0 radical (unpaired) electrons. The second-order valence-corrected chi connectivity index (χ2v) is 7.40. The van der Waals surface area contributed by atoms with E-state index in [4.69, 9.17) is 0 Å². The van der Waals surface area contributed by atoms with Crippen molar-refractivity contribution in [3.8, 4) is 0 Å². The SMILES string of the molecule is Cc1ccc(Cn2nc3n(c2=O)C(C(=O)N2CC(F)C(F)C2)CCC3)cc1. The Morgan fingerprint density at radius 3 is 2.52 bits per heavy atom. The number of carbonyl (C=O) groups is 1. The molecule has 0 spiro atoms. The molecule has 144 valence electrons. The predicted molar refractivity (Wildman–Crippen MR) is 95.1 cm³/mol. The quantitative estimate of drug-likeness (QED) is 0.821. The maximum atomic E-state index is 13.5. The summed E-state index contributed by atoms with van der Waals surface area (Å²) in [7, 11) is 0. The Morgan fingerprint density at radius 2 is 1.85 bits per heavy atom. The molecular weight excluding hydrogens is 354 g/mol. The Balaban J connectivity index is 1.61. The topological polar surface area (TPSA) is 60.1 Å². The van der Waals surface area contributed by atoms with Gasteiger partial charge in [0.25, 0.3) is 0 Å². The zero-order valence-corrected chi connectivity index (χ0v) is 15.1. The molecule has 1 aromatic heterocycles. The Kier molecular flexibility index (Phi) is 4.57. The van der Waals surface area contributed by atoms with Crippen LogP contribution in [-0.4, -0.2) is 50.6 Å². The van der Waals surface area contributed by atoms with E-state index < -0.39 is 24.3 Å². The van der Waals surface area contributed by atoms with Crippen molar-refractivity contribution in [1.82, 2.24) is 19.2 Å². The number of aryl methyl sites for hydroxylation is 2. The van der Waals surface area contributed by atoms with Crippen LogP contribution in [0.15, 0.2) is 29.1 Å². The molecule has 0 N–H and O–H groups in total. The number of amides is 1. The highest BCUT2D eigenvalue weighted by Crippen LogP contribution is 2.27. The molecule has 3 unspecified atom stereocenters. The van der Waals surface area contributed by atoms with Gasteiger partial charge >= 0.3 is 5.69 Å². The Bertz CT molecular complexity index is 895. The van der Waals surface area contributed by atoms with Crippen LogP contribution in [0.5, 0.6) is 0 Å². The number of aromatic nitrogens is 3. The van der Waals surface area contributed by atoms with Gasteiger partial charge in [-0.2, -0.15) is 5.10 Å². The minimum Gasteiger partial charge on any atom is -0.335 e. The van der Waals surface area contributed by atoms with Gasteiger partial charge in [0.2, 0.25) is 5.91 Å². The molecule has 8 heteroatoms. The van der Waals surface area contributed by atoms with E-state index in [0.29, 0.717) is 31.6 Å². The van der Waals surface area contributed by atoms with E-state index in [2.05, 4.69) is 5.10 Å². The molecule has 1 fully saturated rings. The van der Waals surface area contributed by atoms with E-state index in [0.717, 1.165) is 11.1 Å². The fraction of sp³-hybridized carbons (Fsp3) is 0.526. The lowest BCUT2D eigenvalue weighted by molar-refractivity contribution is -0.134. The second-order valence-electron chi connectivity index (χ2n) is 7.40. The molecule has 0 aliphatic carbocycles. The third-order valence-electron chi connectivity index (χ3n) is 5.36. The monoisotopic (exact) mass is 376 g/mol. The van der Waals surface area contributed by atoms with E-state index in [1.807, 2.05) is 31.2 Å². The normalized spacial score (nSPS) is 24.9. The largest absolute Gasteiger partial charge is 0.346 e. The van der Waals surface area contributed by atoms with Crippen LogP contribution < -0.4 is 5.69 Å². The van der Waals surface area contributed by atoms with Crippen LogP contribution in [0.3, 0.4) is 0 Å². The number of alkyl halides is 2. The van der Waals surface area contributed by atoms with Crippen molar-refractivity contribution in [1.29, 1.82) is 0 Å². The highest BCUT2D eigenvalue weighted by atomic mass is 19.2. The molecule has 2 aromatic rings. The molecule has 0 saturated carbocycles. The van der Waals surface area contributed by atoms with Crippen molar-refractivity contribution in [2.75, 3.05) is 13.1 Å². The number of hydrogen-bond acceptors (Lipinski definition) is 3. The molecule has 27 heavy (non-hydrogen) atoms. The number of fused-ring (bicyclic) bond motifs is 1. The Hall–Kier alpha value is -2.51. The summed E-state index contributed by atoms with van der Waals surface area (Å²) in [5.74, 6) is 0.167. The number of carbonyl (C=O) groups excluding carboxylic acids is 1. The van der Waals surface area contributed by atoms with Gasteiger partial charge in [0, 0.05) is 6.42 Å². The van der Waals surface area contributed by atoms with Gasteiger partial charge in [0.15, 0.2) is 12.3 Å². The van der Waals surface area contributed by atoms with Crippen LogP contribution in [0, 0.1) is 6.92 Å². The zero-order valence-electron chi connectivity index (χ0n) is 15.1. The van der Waals surface area contributed by atoms with Crippen molar-refractivity contribution in [2.24, 2.45) is 0 Å². The van der Waals surface area contributed by atoms with Gasteiger partial charge in [-0.15, -0.1) is 0 Å². The third-order valence-corrected chi connectivity index (χ3v) is 5.36. The van der Waals surface area contributed by atoms with Crippen LogP contribution >= 0.6 is 0 Å². The second kappa shape index (κ2) is 6.90. The Labute approximate surface area is 155 Å². The van der Waals surface area contributed by atoms with Crippen molar-refractivity contribution in [3.63, 3.8) is 0 Å². The average Bonchev–Trinajstić information content (AvgIpc) is 3.16. The maximum absolute atomic E-state index is 13.5. The first-order chi connectivity index (χ1) is 12.9. The first-order valence-corrected chi connectivity index (χ1v) is 9.24. The van der Waals surface area contributed by atoms with Crippen molar-refractivity contribution in [2.45, 2.75) is 51.1 Å². The number of nitrogens with zero attached hydrogens (tertiary/aromatic N) is 4. The lowest BCUT2D eigenvalue weighted by Crippen LogP contribution is -2.42. The van der Waals surface area contributed by atoms with Gasteiger partial charge in [-0.25, -0.2) is 18.3 Å². The lowest BCUT2D eigenvalue weighted by Gasteiger charge is -2.26. The van der Waals surface area contributed by atoms with Gasteiger partial charge in [-0.05, 0) is 25.3 Å². The van der Waals surface area contributed by atoms with Crippen molar-refractivity contribution in [3.05, 3.63) is 51.7 Å². The van der Waals surface area contributed by atoms with E-state index in [1.165, 1.54) is 14.1 Å². The molecule has 3 heterocycles. The number of halogens is 2. The summed E-state index contributed by atoms with van der Waals surface area (Å²) >= 11 is 0. The summed E-state index contributed by atoms with van der Waals surface area (Å²) in [6, 6.07) is 7.09. The third kappa shape index (κ3) is 3.28. The first-order valence-electron chi connectivity index (χ1n) is 9.24. The number of benzene rings is 1. The fourth-order valence-corrected chi connectivity index (χ4v) is 3.85. The molecule has 1 saturated heterocycles. The molecule has 2 aliphatic rings. The standard InChI is InChI=1S/C19H22F2N4O2/c1-12-5-7-13(8-6-12)9-24-19(27)25-16(3-2-4-17(25)22-24)18(26)23-10-14(20)15(21)11-23/h5-8,14-16H,2-4,9-11H2,1H3. The van der Waals surface area contributed by atoms with E-state index in [1.54, 1.807) is 0 Å². The van der Waals surface area contributed by atoms with E-state index in [-0.39, 0.29) is 18.8 Å². The van der Waals surface area contributed by atoms with Crippen LogP contribution in [0.1, 0.15) is 35.8 Å². The summed E-state index contributed by atoms with van der Waals surface area (Å²) in [5.41, 5.74) is 1.72. The van der Waals surface area contributed by atoms with E-state index in [9.17, 15) is 18.4 Å². The Morgan fingerprint density at radius 1 is 1.19 bits per heavy atom. The average molecular weight is 376 g/mol. The molecule has 1 amide bonds. The zero-order chi connectivity index (χ0) is 19.1. The molecule has 3 atom stereocenters. The summed E-state index contributed by atoms with van der Waals surface area (Å²) in [4.78, 5) is 26.9. The van der Waals surface area contributed by atoms with Crippen molar-refractivity contribution < 1.29 is 13.6 Å². The lowest BCUT2D eigenvalue weighted by atomic mass is 10.0. The molecule has 0 bridgehead atoms. The van der Waals surface area contributed by atoms with Crippen LogP contribution in [-0.2, 0) is 17.8 Å². The molecule has 4 rings (SSSR count). The summed E-state index contributed by atoms with van der Waals surface area (Å²) in [6.45, 7) is 1.81. The molecule has 1 aromatic carbocycles. The maximum Gasteiger partial charge on any atom is 0.346 e. The summed E-state index contributed by atoms with van der Waals surface area (Å²) in [5, 5.41) is 4.41. The van der Waals surface area contributed by atoms with Gasteiger partial charge in [0.05, 0.1) is 19.6 Å². The fourth-order valence-electron chi connectivity index (χ4n) is 3.85. The molecule has 2 aliphatic heterocycles. The summed E-state index contributed by atoms with van der Waals surface area (Å²) < 4.78 is 29.8. The predicted octanol–water partition coefficient (Wildman–Crippen LogP) is 1.80. The minimum atomic E-state index is -1.65. The van der Waals surface area contributed by atoms with Crippen LogP contribution in [0.2, 0.25) is 0 Å². The molecule has 6 nitrogen and oxygen atoms in total. The highest BCUT2D eigenvalue weighted by molar-refractivity contribution is 5.81. The van der Waals surface area contributed by atoms with E-state index >= 15 is 0 Å². The van der Waals surface area contributed by atoms with Gasteiger partial charge in [-0.1, -0.05) is 29.8 Å². The number of rotatable bonds is 3. The molecular formula is C19H22F2N4O2. The summed E-state index contributed by atoms with van der Waals surface area (Å²) in [6.07, 6.45) is -1.51. The van der Waals surface area contributed by atoms with Gasteiger partial charge < -0.3 is 4.90 Å². The number of hydrogen-bond donors (Lipinski definition) is 0. The van der Waals surface area contributed by atoms with Crippen molar-refractivity contribution >= 4 is 5.91 Å². The highest BCUT2D eigenvalue weighted by Gasteiger charge is 2.40. The smallest absolute Gasteiger partial charge is 0.335 e.